The van der Waals surface area contributed by atoms with Gasteiger partial charge in [-0.2, -0.15) is 0 Å². The highest BCUT2D eigenvalue weighted by Crippen LogP contribution is 2.42. The van der Waals surface area contributed by atoms with Crippen molar-refractivity contribution in [3.05, 3.63) is 29.3 Å². The second kappa shape index (κ2) is 4.75. The summed E-state index contributed by atoms with van der Waals surface area (Å²) in [6.07, 6.45) is 1.17. The predicted octanol–water partition coefficient (Wildman–Crippen LogP) is 1.75. The molecule has 2 atom stereocenters. The van der Waals surface area contributed by atoms with Crippen molar-refractivity contribution in [2.24, 2.45) is 5.73 Å². The summed E-state index contributed by atoms with van der Waals surface area (Å²) >= 11 is 0. The van der Waals surface area contributed by atoms with Gasteiger partial charge in [-0.05, 0) is 35.6 Å². The summed E-state index contributed by atoms with van der Waals surface area (Å²) in [5.74, 6) is 0.744. The van der Waals surface area contributed by atoms with Gasteiger partial charge in [0.2, 0.25) is 0 Å². The lowest BCUT2D eigenvalue weighted by molar-refractivity contribution is -0.141. The number of methoxy groups -OCH3 is 2. The fourth-order valence-electron chi connectivity index (χ4n) is 2.41. The standard InChI is InChI=1S/C13H17NO3/c1-16-9-3-4-10-11(7-9)8(5-12(10)14)6-13(15)17-2/h3-4,7-8,12H,5-6,14H2,1-2H3. The summed E-state index contributed by atoms with van der Waals surface area (Å²) < 4.78 is 9.91. The minimum Gasteiger partial charge on any atom is -0.497 e. The summed E-state index contributed by atoms with van der Waals surface area (Å²) in [5, 5.41) is 0. The number of carbonyl (C=O) groups excluding carboxylic acids is 1. The summed E-state index contributed by atoms with van der Waals surface area (Å²) in [6, 6.07) is 5.86. The number of carbonyl (C=O) groups is 1. The molecule has 1 aliphatic carbocycles. The van der Waals surface area contributed by atoms with Crippen molar-refractivity contribution in [3.63, 3.8) is 0 Å². The van der Waals surface area contributed by atoms with Crippen LogP contribution in [-0.2, 0) is 9.53 Å². The van der Waals surface area contributed by atoms with Crippen molar-refractivity contribution >= 4 is 5.97 Å². The Morgan fingerprint density at radius 2 is 2.18 bits per heavy atom. The Bertz CT molecular complexity index is 431. The Labute approximate surface area is 101 Å². The molecule has 1 aromatic rings. The maximum Gasteiger partial charge on any atom is 0.306 e. The minimum absolute atomic E-state index is 0.00515. The van der Waals surface area contributed by atoms with E-state index in [1.165, 1.54) is 7.11 Å². The fourth-order valence-corrected chi connectivity index (χ4v) is 2.41. The maximum atomic E-state index is 11.3. The van der Waals surface area contributed by atoms with Crippen molar-refractivity contribution in [2.75, 3.05) is 14.2 Å². The van der Waals surface area contributed by atoms with Gasteiger partial charge in [0.05, 0.1) is 20.6 Å². The van der Waals surface area contributed by atoms with Crippen LogP contribution in [0.2, 0.25) is 0 Å². The average molecular weight is 235 g/mol. The second-order valence-electron chi connectivity index (χ2n) is 4.31. The molecule has 2 rings (SSSR count). The quantitative estimate of drug-likeness (QED) is 0.811. The highest BCUT2D eigenvalue weighted by atomic mass is 16.5. The molecule has 0 saturated heterocycles. The SMILES string of the molecule is COC(=O)CC1CC(N)c2ccc(OC)cc21. The molecule has 2 N–H and O–H groups in total. The monoisotopic (exact) mass is 235 g/mol. The summed E-state index contributed by atoms with van der Waals surface area (Å²) in [7, 11) is 3.04. The van der Waals surface area contributed by atoms with Crippen LogP contribution in [0.4, 0.5) is 0 Å². The normalized spacial score (nSPS) is 22.1. The molecule has 2 unspecified atom stereocenters. The van der Waals surface area contributed by atoms with Gasteiger partial charge in [-0.3, -0.25) is 4.79 Å². The summed E-state index contributed by atoms with van der Waals surface area (Å²) in [6.45, 7) is 0. The molecular weight excluding hydrogens is 218 g/mol. The minimum atomic E-state index is -0.196. The smallest absolute Gasteiger partial charge is 0.306 e. The van der Waals surface area contributed by atoms with E-state index in [1.54, 1.807) is 7.11 Å². The third kappa shape index (κ3) is 2.26. The molecule has 0 saturated carbocycles. The van der Waals surface area contributed by atoms with Gasteiger partial charge in [0, 0.05) is 6.04 Å². The van der Waals surface area contributed by atoms with Crippen LogP contribution in [0.5, 0.6) is 5.75 Å². The van der Waals surface area contributed by atoms with Gasteiger partial charge >= 0.3 is 5.97 Å². The van der Waals surface area contributed by atoms with Gasteiger partial charge < -0.3 is 15.2 Å². The van der Waals surface area contributed by atoms with Crippen LogP contribution >= 0.6 is 0 Å². The highest BCUT2D eigenvalue weighted by molar-refractivity contribution is 5.71. The van der Waals surface area contributed by atoms with Crippen molar-refractivity contribution in [2.45, 2.75) is 24.8 Å². The predicted molar refractivity (Wildman–Crippen MR) is 63.9 cm³/mol. The van der Waals surface area contributed by atoms with Gasteiger partial charge in [0.1, 0.15) is 5.75 Å². The van der Waals surface area contributed by atoms with Gasteiger partial charge in [-0.1, -0.05) is 6.07 Å². The van der Waals surface area contributed by atoms with Gasteiger partial charge in [-0.15, -0.1) is 0 Å². The molecule has 17 heavy (non-hydrogen) atoms. The first kappa shape index (κ1) is 11.9. The molecule has 1 aromatic carbocycles. The van der Waals surface area contributed by atoms with E-state index in [9.17, 15) is 4.79 Å². The molecule has 92 valence electrons. The first-order valence-corrected chi connectivity index (χ1v) is 5.66. The molecule has 0 amide bonds. The molecule has 0 fully saturated rings. The Balaban J connectivity index is 2.27. The average Bonchev–Trinajstić information content (AvgIpc) is 2.65. The fraction of sp³-hybridized carbons (Fsp3) is 0.462. The molecule has 0 aliphatic heterocycles. The van der Waals surface area contributed by atoms with Crippen molar-refractivity contribution in [1.82, 2.24) is 0 Å². The van der Waals surface area contributed by atoms with Crippen LogP contribution in [0, 0.1) is 0 Å². The van der Waals surface area contributed by atoms with E-state index < -0.39 is 0 Å². The zero-order chi connectivity index (χ0) is 12.4. The Kier molecular flexibility index (Phi) is 3.33. The molecule has 1 aliphatic rings. The zero-order valence-electron chi connectivity index (χ0n) is 10.1. The van der Waals surface area contributed by atoms with E-state index in [0.717, 1.165) is 23.3 Å². The number of nitrogens with two attached hydrogens (primary N) is 1. The number of benzene rings is 1. The van der Waals surface area contributed by atoms with Crippen LogP contribution < -0.4 is 10.5 Å². The molecule has 0 heterocycles. The number of hydrogen-bond acceptors (Lipinski definition) is 4. The number of fused-ring (bicyclic) bond motifs is 1. The first-order valence-electron chi connectivity index (χ1n) is 5.66. The number of hydrogen-bond donors (Lipinski definition) is 1. The molecule has 4 heteroatoms. The van der Waals surface area contributed by atoms with E-state index in [4.69, 9.17) is 15.2 Å². The Morgan fingerprint density at radius 3 is 2.82 bits per heavy atom. The molecular formula is C13H17NO3. The molecule has 0 spiro atoms. The van der Waals surface area contributed by atoms with Crippen LogP contribution in [-0.4, -0.2) is 20.2 Å². The number of rotatable bonds is 3. The lowest BCUT2D eigenvalue weighted by atomic mass is 9.98. The third-order valence-corrected chi connectivity index (χ3v) is 3.31. The van der Waals surface area contributed by atoms with Crippen LogP contribution in [0.3, 0.4) is 0 Å². The number of esters is 1. The van der Waals surface area contributed by atoms with Crippen LogP contribution in [0.15, 0.2) is 18.2 Å². The topological polar surface area (TPSA) is 61.5 Å². The Morgan fingerprint density at radius 1 is 1.41 bits per heavy atom. The molecule has 0 radical (unpaired) electrons. The maximum absolute atomic E-state index is 11.3. The number of ether oxygens (including phenoxy) is 2. The lowest BCUT2D eigenvalue weighted by Gasteiger charge is -2.10. The Hall–Kier alpha value is -1.55. The van der Waals surface area contributed by atoms with Gasteiger partial charge in [0.25, 0.3) is 0 Å². The first-order chi connectivity index (χ1) is 8.15. The van der Waals surface area contributed by atoms with Crippen molar-refractivity contribution < 1.29 is 14.3 Å². The molecule has 0 aromatic heterocycles. The zero-order valence-corrected chi connectivity index (χ0v) is 10.1. The van der Waals surface area contributed by atoms with Crippen LogP contribution in [0.25, 0.3) is 0 Å². The lowest BCUT2D eigenvalue weighted by Crippen LogP contribution is -2.08. The van der Waals surface area contributed by atoms with Gasteiger partial charge in [-0.25, -0.2) is 0 Å². The van der Waals surface area contributed by atoms with Crippen LogP contribution in [0.1, 0.15) is 35.9 Å². The van der Waals surface area contributed by atoms with E-state index in [0.29, 0.717) is 6.42 Å². The highest BCUT2D eigenvalue weighted by Gasteiger charge is 2.30. The summed E-state index contributed by atoms with van der Waals surface area (Å²) in [4.78, 5) is 11.3. The van der Waals surface area contributed by atoms with Crippen molar-refractivity contribution in [1.29, 1.82) is 0 Å². The van der Waals surface area contributed by atoms with E-state index in [2.05, 4.69) is 0 Å². The summed E-state index contributed by atoms with van der Waals surface area (Å²) in [5.41, 5.74) is 8.28. The van der Waals surface area contributed by atoms with E-state index in [-0.39, 0.29) is 17.9 Å². The van der Waals surface area contributed by atoms with Gasteiger partial charge in [0.15, 0.2) is 0 Å². The largest absolute Gasteiger partial charge is 0.497 e. The molecule has 0 bridgehead atoms. The third-order valence-electron chi connectivity index (χ3n) is 3.31. The van der Waals surface area contributed by atoms with E-state index >= 15 is 0 Å². The molecule has 4 nitrogen and oxygen atoms in total. The second-order valence-corrected chi connectivity index (χ2v) is 4.31. The van der Waals surface area contributed by atoms with Crippen molar-refractivity contribution in [3.8, 4) is 5.75 Å². The van der Waals surface area contributed by atoms with E-state index in [1.807, 2.05) is 18.2 Å².